The third-order valence-corrected chi connectivity index (χ3v) is 6.93. The van der Waals surface area contributed by atoms with E-state index >= 15 is 0 Å². The van der Waals surface area contributed by atoms with Crippen molar-refractivity contribution in [1.82, 2.24) is 9.88 Å². The summed E-state index contributed by atoms with van der Waals surface area (Å²) in [5.41, 5.74) is -2.07. The molecular formula is C24H27ClF3N5O4. The summed E-state index contributed by atoms with van der Waals surface area (Å²) in [4.78, 5) is 30.2. The zero-order valence-electron chi connectivity index (χ0n) is 19.9. The Kier molecular flexibility index (Phi) is 8.50. The van der Waals surface area contributed by atoms with E-state index in [0.29, 0.717) is 56.9 Å². The van der Waals surface area contributed by atoms with E-state index in [9.17, 15) is 28.1 Å². The largest absolute Gasteiger partial charge is 0.423 e. The van der Waals surface area contributed by atoms with E-state index in [1.54, 1.807) is 12.3 Å². The van der Waals surface area contributed by atoms with Crippen LogP contribution in [0.15, 0.2) is 36.5 Å². The highest BCUT2D eigenvalue weighted by Gasteiger charge is 2.38. The standard InChI is InChI=1S/C24H27ClF3N5O4/c25-16-1-8-22(29-14-16)31-9-11-32(12-10-31)23(15-34)37-19-5-2-17(3-6-19)30-18-4-7-21(33(35)36)20(13-18)24(26,27)28/h1,4,7-8,13-15,17,19,23,30H,2-3,5-6,9-12H2. The number of hydrogen-bond donors (Lipinski definition) is 1. The number of halogens is 4. The number of pyridine rings is 1. The number of carbonyl (C=O) groups is 1. The van der Waals surface area contributed by atoms with Gasteiger partial charge in [0.1, 0.15) is 11.4 Å². The van der Waals surface area contributed by atoms with Gasteiger partial charge in [0.15, 0.2) is 12.5 Å². The SMILES string of the molecule is O=CC(OC1CCC(Nc2ccc([N+](=O)[O-])c(C(F)(F)F)c2)CC1)N1CCN(c2ccc(Cl)cn2)CC1. The van der Waals surface area contributed by atoms with Crippen LogP contribution in [0.3, 0.4) is 0 Å². The number of rotatable bonds is 8. The molecule has 0 spiro atoms. The van der Waals surface area contributed by atoms with Gasteiger partial charge in [-0.15, -0.1) is 0 Å². The minimum atomic E-state index is -4.83. The zero-order valence-corrected chi connectivity index (χ0v) is 20.6. The molecule has 1 N–H and O–H groups in total. The maximum atomic E-state index is 13.3. The van der Waals surface area contributed by atoms with Crippen molar-refractivity contribution in [2.24, 2.45) is 0 Å². The maximum Gasteiger partial charge on any atom is 0.423 e. The summed E-state index contributed by atoms with van der Waals surface area (Å²) in [6.07, 6.45) is -0.711. The highest BCUT2D eigenvalue weighted by molar-refractivity contribution is 6.30. The lowest BCUT2D eigenvalue weighted by Crippen LogP contribution is -2.52. The van der Waals surface area contributed by atoms with E-state index in [1.165, 1.54) is 6.07 Å². The number of ether oxygens (including phenoxy) is 1. The third kappa shape index (κ3) is 6.88. The molecule has 1 aliphatic carbocycles. The quantitative estimate of drug-likeness (QED) is 0.290. The Morgan fingerprint density at radius 3 is 2.41 bits per heavy atom. The van der Waals surface area contributed by atoms with Gasteiger partial charge in [-0.25, -0.2) is 4.98 Å². The van der Waals surface area contributed by atoms with E-state index < -0.39 is 28.6 Å². The molecule has 2 fully saturated rings. The van der Waals surface area contributed by atoms with Gasteiger partial charge in [-0.1, -0.05) is 11.6 Å². The molecule has 37 heavy (non-hydrogen) atoms. The molecule has 1 saturated heterocycles. The fourth-order valence-corrected chi connectivity index (χ4v) is 4.86. The number of aldehydes is 1. The number of nitrogens with zero attached hydrogens (tertiary/aromatic N) is 4. The molecule has 2 heterocycles. The van der Waals surface area contributed by atoms with Crippen molar-refractivity contribution in [2.45, 2.75) is 50.2 Å². The summed E-state index contributed by atoms with van der Waals surface area (Å²) in [5.74, 6) is 0.828. The van der Waals surface area contributed by atoms with Crippen LogP contribution in [0.5, 0.6) is 0 Å². The van der Waals surface area contributed by atoms with Crippen LogP contribution in [0, 0.1) is 10.1 Å². The lowest BCUT2D eigenvalue weighted by Gasteiger charge is -2.39. The van der Waals surface area contributed by atoms with Crippen molar-refractivity contribution in [3.8, 4) is 0 Å². The predicted molar refractivity (Wildman–Crippen MR) is 132 cm³/mol. The Labute approximate surface area is 216 Å². The number of nitro groups is 1. The second-order valence-electron chi connectivity index (χ2n) is 9.13. The molecule has 200 valence electrons. The fourth-order valence-electron chi connectivity index (χ4n) is 4.75. The lowest BCUT2D eigenvalue weighted by atomic mass is 9.92. The van der Waals surface area contributed by atoms with Crippen molar-refractivity contribution in [3.05, 3.63) is 57.2 Å². The molecule has 1 aliphatic heterocycles. The second-order valence-corrected chi connectivity index (χ2v) is 9.56. The number of aromatic nitrogens is 1. The molecule has 4 rings (SSSR count). The first-order chi connectivity index (χ1) is 17.6. The molecule has 0 bridgehead atoms. The number of carbonyl (C=O) groups excluding carboxylic acids is 1. The first kappa shape index (κ1) is 27.1. The highest BCUT2D eigenvalue weighted by atomic mass is 35.5. The summed E-state index contributed by atoms with van der Waals surface area (Å²) in [7, 11) is 0. The van der Waals surface area contributed by atoms with Crippen LogP contribution in [0.1, 0.15) is 31.2 Å². The normalized spacial score (nSPS) is 21.9. The summed E-state index contributed by atoms with van der Waals surface area (Å²) in [6.45, 7) is 2.64. The van der Waals surface area contributed by atoms with Crippen molar-refractivity contribution < 1.29 is 27.6 Å². The first-order valence-electron chi connectivity index (χ1n) is 12.0. The van der Waals surface area contributed by atoms with Crippen LogP contribution < -0.4 is 10.2 Å². The second kappa shape index (κ2) is 11.6. The lowest BCUT2D eigenvalue weighted by molar-refractivity contribution is -0.388. The topological polar surface area (TPSA) is 101 Å². The predicted octanol–water partition coefficient (Wildman–Crippen LogP) is 4.75. The van der Waals surface area contributed by atoms with Gasteiger partial charge in [0.25, 0.3) is 5.69 Å². The van der Waals surface area contributed by atoms with Crippen molar-refractivity contribution in [1.29, 1.82) is 0 Å². The van der Waals surface area contributed by atoms with Gasteiger partial charge in [-0.3, -0.25) is 19.8 Å². The number of hydrogen-bond acceptors (Lipinski definition) is 8. The van der Waals surface area contributed by atoms with Gasteiger partial charge < -0.3 is 15.0 Å². The molecule has 2 aromatic rings. The number of nitro benzene ring substituents is 1. The molecular weight excluding hydrogens is 515 g/mol. The molecule has 0 radical (unpaired) electrons. The van der Waals surface area contributed by atoms with Crippen LogP contribution in [0.25, 0.3) is 0 Å². The third-order valence-electron chi connectivity index (χ3n) is 6.70. The van der Waals surface area contributed by atoms with E-state index in [4.69, 9.17) is 16.3 Å². The Hall–Kier alpha value is -2.96. The Balaban J connectivity index is 1.27. The summed E-state index contributed by atoms with van der Waals surface area (Å²) in [5, 5.41) is 14.6. The number of benzene rings is 1. The molecule has 13 heteroatoms. The molecule has 2 aliphatic rings. The summed E-state index contributed by atoms with van der Waals surface area (Å²) < 4.78 is 45.9. The number of piperazine rings is 1. The summed E-state index contributed by atoms with van der Waals surface area (Å²) in [6, 6.07) is 6.48. The van der Waals surface area contributed by atoms with Crippen molar-refractivity contribution in [2.75, 3.05) is 36.4 Å². The molecule has 1 aromatic carbocycles. The van der Waals surface area contributed by atoms with Crippen LogP contribution in [0.2, 0.25) is 5.02 Å². The first-order valence-corrected chi connectivity index (χ1v) is 12.4. The highest BCUT2D eigenvalue weighted by Crippen LogP contribution is 2.38. The minimum absolute atomic E-state index is 0.104. The van der Waals surface area contributed by atoms with E-state index in [2.05, 4.69) is 15.2 Å². The molecule has 1 atom stereocenters. The number of alkyl halides is 3. The fraction of sp³-hybridized carbons (Fsp3) is 0.500. The van der Waals surface area contributed by atoms with Gasteiger partial charge in [0, 0.05) is 50.2 Å². The molecule has 9 nitrogen and oxygen atoms in total. The van der Waals surface area contributed by atoms with Crippen LogP contribution in [0.4, 0.5) is 30.4 Å². The smallest absolute Gasteiger partial charge is 0.382 e. The summed E-state index contributed by atoms with van der Waals surface area (Å²) >= 11 is 5.90. The van der Waals surface area contributed by atoms with E-state index in [0.717, 1.165) is 24.2 Å². The van der Waals surface area contributed by atoms with Crippen LogP contribution >= 0.6 is 11.6 Å². The number of anilines is 2. The molecule has 0 amide bonds. The Morgan fingerprint density at radius 2 is 1.84 bits per heavy atom. The van der Waals surface area contributed by atoms with Gasteiger partial charge in [-0.05, 0) is 49.9 Å². The minimum Gasteiger partial charge on any atom is -0.382 e. The molecule has 1 unspecified atom stereocenters. The van der Waals surface area contributed by atoms with Gasteiger partial charge in [0.05, 0.1) is 16.0 Å². The monoisotopic (exact) mass is 541 g/mol. The van der Waals surface area contributed by atoms with Gasteiger partial charge >= 0.3 is 6.18 Å². The zero-order chi connectivity index (χ0) is 26.6. The number of nitrogens with one attached hydrogen (secondary N) is 1. The van der Waals surface area contributed by atoms with Crippen LogP contribution in [-0.2, 0) is 15.7 Å². The average molecular weight is 542 g/mol. The molecule has 1 saturated carbocycles. The maximum absolute atomic E-state index is 13.3. The Bertz CT molecular complexity index is 1090. The van der Waals surface area contributed by atoms with Gasteiger partial charge in [0.2, 0.25) is 0 Å². The Morgan fingerprint density at radius 1 is 1.14 bits per heavy atom. The van der Waals surface area contributed by atoms with Gasteiger partial charge in [-0.2, -0.15) is 13.2 Å². The molecule has 1 aromatic heterocycles. The van der Waals surface area contributed by atoms with E-state index in [-0.39, 0.29) is 17.8 Å². The van der Waals surface area contributed by atoms with Crippen LogP contribution in [-0.4, -0.2) is 65.6 Å². The average Bonchev–Trinajstić information content (AvgIpc) is 2.88. The van der Waals surface area contributed by atoms with Crippen molar-refractivity contribution >= 4 is 35.1 Å². The van der Waals surface area contributed by atoms with Crippen molar-refractivity contribution in [3.63, 3.8) is 0 Å². The van der Waals surface area contributed by atoms with E-state index in [1.807, 2.05) is 11.0 Å².